The zero-order valence-electron chi connectivity index (χ0n) is 25.5. The van der Waals surface area contributed by atoms with E-state index in [4.69, 9.17) is 0 Å². The predicted molar refractivity (Wildman–Crippen MR) is 167 cm³/mol. The molecule has 2 aliphatic rings. The first-order valence-corrected chi connectivity index (χ1v) is 13.8. The Balaban J connectivity index is 0.000000283. The average molecular weight is 635 g/mol. The van der Waals surface area contributed by atoms with Crippen molar-refractivity contribution in [3.63, 3.8) is 0 Å². The molecule has 46 heavy (non-hydrogen) atoms. The van der Waals surface area contributed by atoms with Crippen LogP contribution < -0.4 is 0 Å². The molecule has 2 aromatic rings. The van der Waals surface area contributed by atoms with Gasteiger partial charge in [-0.2, -0.15) is 0 Å². The molecule has 2 fully saturated rings. The van der Waals surface area contributed by atoms with Crippen molar-refractivity contribution in [1.82, 2.24) is 48.9 Å². The van der Waals surface area contributed by atoms with E-state index in [0.29, 0.717) is 6.54 Å². The van der Waals surface area contributed by atoms with E-state index in [1.165, 1.54) is 29.4 Å². The Bertz CT molecular complexity index is 1290. The van der Waals surface area contributed by atoms with Crippen LogP contribution in [0.5, 0.6) is 0 Å². The van der Waals surface area contributed by atoms with Crippen LogP contribution >= 0.6 is 0 Å². The maximum absolute atomic E-state index is 12.4. The summed E-state index contributed by atoms with van der Waals surface area (Å²) in [5.74, 6) is -1.87. The summed E-state index contributed by atoms with van der Waals surface area (Å²) in [6, 6.07) is 0. The van der Waals surface area contributed by atoms with Crippen molar-refractivity contribution >= 4 is 35.4 Å². The highest BCUT2D eigenvalue weighted by molar-refractivity contribution is 5.92. The third-order valence-corrected chi connectivity index (χ3v) is 6.38. The fourth-order valence-electron chi connectivity index (χ4n) is 4.02. The molecule has 0 radical (unpaired) electrons. The second-order valence-corrected chi connectivity index (χ2v) is 9.50. The van der Waals surface area contributed by atoms with Crippen LogP contribution in [0.25, 0.3) is 0 Å². The third kappa shape index (κ3) is 10.9. The van der Waals surface area contributed by atoms with Crippen molar-refractivity contribution in [1.29, 1.82) is 0 Å². The van der Waals surface area contributed by atoms with Gasteiger partial charge < -0.3 is 39.0 Å². The highest BCUT2D eigenvalue weighted by Gasteiger charge is 2.30. The van der Waals surface area contributed by atoms with Gasteiger partial charge in [-0.3, -0.25) is 28.8 Å². The van der Waals surface area contributed by atoms with Gasteiger partial charge in [-0.25, -0.2) is 9.97 Å². The molecule has 4 rings (SSSR count). The number of hydrogen-bond donors (Lipinski definition) is 1. The number of aromatic amines is 1. The largest absolute Gasteiger partial charge is 0.351 e. The number of aryl methyl sites for hydroxylation is 1. The van der Waals surface area contributed by atoms with Crippen LogP contribution in [-0.2, 0) is 35.3 Å². The Morgan fingerprint density at radius 3 is 1.24 bits per heavy atom. The van der Waals surface area contributed by atoms with Crippen LogP contribution in [0.15, 0.2) is 101 Å². The molecule has 2 aliphatic heterocycles. The molecule has 0 spiro atoms. The number of hydrogen-bond acceptors (Lipinski definition) is 8. The molecule has 2 aromatic heterocycles. The van der Waals surface area contributed by atoms with Crippen molar-refractivity contribution in [2.45, 2.75) is 13.0 Å². The van der Waals surface area contributed by atoms with Crippen molar-refractivity contribution in [2.75, 3.05) is 40.0 Å². The summed E-state index contributed by atoms with van der Waals surface area (Å²) in [5.41, 5.74) is 0. The van der Waals surface area contributed by atoms with Crippen LogP contribution in [0.2, 0.25) is 0 Å². The first-order valence-electron chi connectivity index (χ1n) is 13.8. The van der Waals surface area contributed by atoms with Gasteiger partial charge in [0.05, 0.1) is 52.7 Å². The van der Waals surface area contributed by atoms with Gasteiger partial charge in [0.15, 0.2) is 0 Å². The Kier molecular flexibility index (Phi) is 14.6. The number of carbonyl (C=O) groups is 6. The van der Waals surface area contributed by atoms with Gasteiger partial charge in [0, 0.05) is 37.8 Å². The lowest BCUT2D eigenvalue weighted by atomic mass is 10.3. The Hall–Kier alpha value is -6.06. The normalized spacial score (nSPS) is 14.0. The average Bonchev–Trinajstić information content (AvgIpc) is 3.86. The molecule has 0 aliphatic carbocycles. The number of imidazole rings is 2. The van der Waals surface area contributed by atoms with E-state index in [9.17, 15) is 28.8 Å². The second kappa shape index (κ2) is 18.6. The maximum atomic E-state index is 12.4. The zero-order valence-corrected chi connectivity index (χ0v) is 25.5. The summed E-state index contributed by atoms with van der Waals surface area (Å²) in [6.45, 7) is 18.2. The van der Waals surface area contributed by atoms with E-state index in [1.54, 1.807) is 42.0 Å². The monoisotopic (exact) mass is 634 g/mol. The van der Waals surface area contributed by atoms with E-state index >= 15 is 0 Å². The predicted octanol–water partition coefficient (Wildman–Crippen LogP) is 0.343. The maximum Gasteiger partial charge on any atom is 0.248 e. The molecule has 1 N–H and O–H groups in total. The standard InChI is InChI=1S/C15H19N5O3.C12H15N3O3.C3H4N2/c1-3-13(21)18-10-19(14(22)4-2)12-20(11-18)15(23)5-7-17-8-6-16-9-17;1-4-10(16)13-7-14(11(17)5-2)9-15(8-13)12(18)6-3;1-2-5-3-4-1/h3-4,6,8-9H,1-2,5,7,10-12H2;4-6H,1-3,7-9H2;1-3H,(H,4,5). The summed E-state index contributed by atoms with van der Waals surface area (Å²) in [6.07, 6.45) is 16.1. The Morgan fingerprint density at radius 1 is 0.587 bits per heavy atom. The number of nitrogens with one attached hydrogen (secondary N) is 1. The molecule has 0 saturated carbocycles. The number of aromatic nitrogens is 4. The van der Waals surface area contributed by atoms with Crippen molar-refractivity contribution in [3.8, 4) is 0 Å². The van der Waals surface area contributed by atoms with E-state index in [-0.39, 0.29) is 81.9 Å². The lowest BCUT2D eigenvalue weighted by molar-refractivity contribution is -0.155. The number of rotatable bonds is 8. The van der Waals surface area contributed by atoms with Crippen LogP contribution in [0.3, 0.4) is 0 Å². The van der Waals surface area contributed by atoms with Crippen LogP contribution in [-0.4, -0.2) is 124 Å². The van der Waals surface area contributed by atoms with Crippen LogP contribution in [0, 0.1) is 0 Å². The fourth-order valence-corrected chi connectivity index (χ4v) is 4.02. The van der Waals surface area contributed by atoms with Gasteiger partial charge >= 0.3 is 0 Å². The lowest BCUT2D eigenvalue weighted by Crippen LogP contribution is -2.59. The molecule has 0 bridgehead atoms. The van der Waals surface area contributed by atoms with Gasteiger partial charge in [0.2, 0.25) is 35.4 Å². The number of nitrogens with zero attached hydrogens (tertiary/aromatic N) is 9. The summed E-state index contributed by atoms with van der Waals surface area (Å²) in [4.78, 5) is 89.3. The Labute approximate surface area is 266 Å². The van der Waals surface area contributed by atoms with E-state index in [2.05, 4.69) is 47.8 Å². The quantitative estimate of drug-likeness (QED) is 0.406. The number of H-pyrrole nitrogens is 1. The first kappa shape index (κ1) is 36.1. The third-order valence-electron chi connectivity index (χ3n) is 6.38. The van der Waals surface area contributed by atoms with Gasteiger partial charge in [0.25, 0.3) is 0 Å². The van der Waals surface area contributed by atoms with Crippen molar-refractivity contribution < 1.29 is 28.8 Å². The molecule has 244 valence electrons. The first-order chi connectivity index (χ1) is 22.1. The highest BCUT2D eigenvalue weighted by Crippen LogP contribution is 2.12. The molecular weight excluding hydrogens is 596 g/mol. The summed E-state index contributed by atoms with van der Waals surface area (Å²) < 4.78 is 1.79. The minimum absolute atomic E-state index is 0.108. The molecule has 0 atom stereocenters. The molecule has 0 aromatic carbocycles. The minimum atomic E-state index is -0.349. The highest BCUT2D eigenvalue weighted by atomic mass is 16.2. The van der Waals surface area contributed by atoms with Crippen molar-refractivity contribution in [2.24, 2.45) is 0 Å². The van der Waals surface area contributed by atoms with Gasteiger partial charge in [0.1, 0.15) is 0 Å². The summed E-state index contributed by atoms with van der Waals surface area (Å²) >= 11 is 0. The van der Waals surface area contributed by atoms with Gasteiger partial charge in [-0.15, -0.1) is 0 Å². The van der Waals surface area contributed by atoms with E-state index in [0.717, 1.165) is 30.4 Å². The molecular formula is C30H38N10O6. The van der Waals surface area contributed by atoms with Gasteiger partial charge in [-0.05, 0) is 30.4 Å². The smallest absolute Gasteiger partial charge is 0.248 e. The molecule has 2 saturated heterocycles. The molecule has 16 nitrogen and oxygen atoms in total. The number of amides is 6. The van der Waals surface area contributed by atoms with Crippen LogP contribution in [0.4, 0.5) is 0 Å². The van der Waals surface area contributed by atoms with Crippen LogP contribution in [0.1, 0.15) is 6.42 Å². The molecule has 6 amide bonds. The van der Waals surface area contributed by atoms with Crippen molar-refractivity contribution in [3.05, 3.63) is 101 Å². The molecule has 0 unspecified atom stereocenters. The molecule has 4 heterocycles. The number of carbonyl (C=O) groups excluding carboxylic acids is 6. The summed E-state index contributed by atoms with van der Waals surface area (Å²) in [7, 11) is 0. The van der Waals surface area contributed by atoms with E-state index < -0.39 is 0 Å². The molecule has 16 heteroatoms. The van der Waals surface area contributed by atoms with Gasteiger partial charge in [-0.1, -0.05) is 32.9 Å². The summed E-state index contributed by atoms with van der Waals surface area (Å²) in [5, 5.41) is 0. The second-order valence-electron chi connectivity index (χ2n) is 9.50. The lowest BCUT2D eigenvalue weighted by Gasteiger charge is -2.41. The zero-order chi connectivity index (χ0) is 34.1. The SMILES string of the molecule is C=CC(=O)N1CN(C(=O)C=C)CN(C(=O)C=C)C1.C=CC(=O)N1CN(C(=O)C=C)CN(C(=O)CCn2ccnc2)C1.c1c[nH]cn1. The topological polar surface area (TPSA) is 168 Å². The minimum Gasteiger partial charge on any atom is -0.351 e. The Morgan fingerprint density at radius 2 is 0.978 bits per heavy atom. The van der Waals surface area contributed by atoms with E-state index in [1.807, 2.05) is 0 Å². The fraction of sp³-hybridized carbons (Fsp3) is 0.267.